The lowest BCUT2D eigenvalue weighted by molar-refractivity contribution is -0.140. The van der Waals surface area contributed by atoms with Gasteiger partial charge in [0.25, 0.3) is 0 Å². The number of carboxylic acids is 1. The normalized spacial score (nSPS) is 22.1. The fourth-order valence-electron chi connectivity index (χ4n) is 2.00. The second kappa shape index (κ2) is 5.81. The van der Waals surface area contributed by atoms with E-state index >= 15 is 0 Å². The lowest BCUT2D eigenvalue weighted by atomic mass is 10.1. The monoisotopic (exact) mass is 230 g/mol. The minimum Gasteiger partial charge on any atom is -0.481 e. The maximum absolute atomic E-state index is 11.9. The van der Waals surface area contributed by atoms with E-state index in [1.165, 1.54) is 7.11 Å². The highest BCUT2D eigenvalue weighted by Crippen LogP contribution is 2.20. The van der Waals surface area contributed by atoms with Crippen molar-refractivity contribution in [3.05, 3.63) is 0 Å². The van der Waals surface area contributed by atoms with Gasteiger partial charge in [0.15, 0.2) is 0 Å². The van der Waals surface area contributed by atoms with Crippen LogP contribution in [0.2, 0.25) is 0 Å². The number of rotatable bonds is 5. The van der Waals surface area contributed by atoms with Gasteiger partial charge >= 0.3 is 5.97 Å². The smallest absolute Gasteiger partial charge is 0.305 e. The van der Waals surface area contributed by atoms with Crippen molar-refractivity contribution >= 4 is 11.9 Å². The van der Waals surface area contributed by atoms with Gasteiger partial charge in [-0.3, -0.25) is 9.59 Å². The molecule has 0 aromatic heterocycles. The van der Waals surface area contributed by atoms with E-state index in [4.69, 9.17) is 15.6 Å². The SMILES string of the molecule is COCC(N)C(=O)N1CCCC1CC(=O)O. The average Bonchev–Trinajstić information content (AvgIpc) is 2.64. The summed E-state index contributed by atoms with van der Waals surface area (Å²) in [5.41, 5.74) is 5.64. The van der Waals surface area contributed by atoms with E-state index in [9.17, 15) is 9.59 Å². The molecule has 1 aliphatic heterocycles. The Morgan fingerprint density at radius 3 is 2.88 bits per heavy atom. The topological polar surface area (TPSA) is 92.9 Å². The Labute approximate surface area is 94.3 Å². The van der Waals surface area contributed by atoms with Crippen molar-refractivity contribution in [2.45, 2.75) is 31.3 Å². The number of hydrogen-bond donors (Lipinski definition) is 2. The minimum absolute atomic E-state index is 0.00849. The Hall–Kier alpha value is -1.14. The fraction of sp³-hybridized carbons (Fsp3) is 0.800. The quantitative estimate of drug-likeness (QED) is 0.659. The number of likely N-dealkylation sites (tertiary alicyclic amines) is 1. The van der Waals surface area contributed by atoms with E-state index in [-0.39, 0.29) is 25.0 Å². The highest BCUT2D eigenvalue weighted by molar-refractivity contribution is 5.83. The van der Waals surface area contributed by atoms with Gasteiger partial charge in [-0.1, -0.05) is 0 Å². The van der Waals surface area contributed by atoms with E-state index < -0.39 is 12.0 Å². The van der Waals surface area contributed by atoms with Crippen molar-refractivity contribution in [1.29, 1.82) is 0 Å². The van der Waals surface area contributed by atoms with Crippen LogP contribution in [0.25, 0.3) is 0 Å². The van der Waals surface area contributed by atoms with Crippen LogP contribution in [0.4, 0.5) is 0 Å². The summed E-state index contributed by atoms with van der Waals surface area (Å²) in [5, 5.41) is 8.72. The van der Waals surface area contributed by atoms with Gasteiger partial charge in [0.1, 0.15) is 6.04 Å². The van der Waals surface area contributed by atoms with E-state index in [0.717, 1.165) is 12.8 Å². The van der Waals surface area contributed by atoms with Gasteiger partial charge in [0, 0.05) is 19.7 Å². The number of carboxylic acid groups (broad SMARTS) is 1. The summed E-state index contributed by atoms with van der Waals surface area (Å²) >= 11 is 0. The van der Waals surface area contributed by atoms with Crippen molar-refractivity contribution in [3.8, 4) is 0 Å². The second-order valence-corrected chi connectivity index (χ2v) is 3.99. The number of hydrogen-bond acceptors (Lipinski definition) is 4. The van der Waals surface area contributed by atoms with Crippen molar-refractivity contribution in [1.82, 2.24) is 4.90 Å². The summed E-state index contributed by atoms with van der Waals surface area (Å²) in [7, 11) is 1.48. The zero-order chi connectivity index (χ0) is 12.1. The molecule has 0 aromatic carbocycles. The third kappa shape index (κ3) is 3.18. The maximum Gasteiger partial charge on any atom is 0.305 e. The number of carbonyl (C=O) groups is 2. The summed E-state index contributed by atoms with van der Waals surface area (Å²) in [4.78, 5) is 24.0. The lowest BCUT2D eigenvalue weighted by Crippen LogP contribution is -2.48. The van der Waals surface area contributed by atoms with Crippen LogP contribution < -0.4 is 5.73 Å². The molecule has 0 saturated carbocycles. The van der Waals surface area contributed by atoms with Gasteiger partial charge in [-0.05, 0) is 12.8 Å². The van der Waals surface area contributed by atoms with Crippen LogP contribution >= 0.6 is 0 Å². The number of methoxy groups -OCH3 is 1. The number of carbonyl (C=O) groups excluding carboxylic acids is 1. The molecule has 1 amide bonds. The standard InChI is InChI=1S/C10H18N2O4/c1-16-6-8(11)10(15)12-4-2-3-7(12)5-9(13)14/h7-8H,2-6,11H2,1H3,(H,13,14). The van der Waals surface area contributed by atoms with Gasteiger partial charge in [-0.25, -0.2) is 0 Å². The van der Waals surface area contributed by atoms with Crippen molar-refractivity contribution in [2.24, 2.45) is 5.73 Å². The van der Waals surface area contributed by atoms with Gasteiger partial charge in [-0.2, -0.15) is 0 Å². The van der Waals surface area contributed by atoms with Crippen molar-refractivity contribution in [3.63, 3.8) is 0 Å². The molecule has 1 fully saturated rings. The molecular formula is C10H18N2O4. The molecule has 1 rings (SSSR count). The van der Waals surface area contributed by atoms with Crippen molar-refractivity contribution < 1.29 is 19.4 Å². The minimum atomic E-state index is -0.884. The van der Waals surface area contributed by atoms with Gasteiger partial charge < -0.3 is 20.5 Å². The van der Waals surface area contributed by atoms with E-state index in [0.29, 0.717) is 6.54 Å². The van der Waals surface area contributed by atoms with Crippen LogP contribution in [0.15, 0.2) is 0 Å². The number of nitrogens with zero attached hydrogens (tertiary/aromatic N) is 1. The predicted molar refractivity (Wildman–Crippen MR) is 56.8 cm³/mol. The number of ether oxygens (including phenoxy) is 1. The first-order valence-corrected chi connectivity index (χ1v) is 5.33. The largest absolute Gasteiger partial charge is 0.481 e. The highest BCUT2D eigenvalue weighted by Gasteiger charge is 2.32. The Morgan fingerprint density at radius 2 is 2.31 bits per heavy atom. The first-order valence-electron chi connectivity index (χ1n) is 5.33. The van der Waals surface area contributed by atoms with Gasteiger partial charge in [-0.15, -0.1) is 0 Å². The van der Waals surface area contributed by atoms with Crippen molar-refractivity contribution in [2.75, 3.05) is 20.3 Å². The second-order valence-electron chi connectivity index (χ2n) is 3.99. The third-order valence-corrected chi connectivity index (χ3v) is 2.73. The summed E-state index contributed by atoms with van der Waals surface area (Å²) in [6.07, 6.45) is 1.56. The predicted octanol–water partition coefficient (Wildman–Crippen LogP) is -0.574. The van der Waals surface area contributed by atoms with Crippen LogP contribution in [0.3, 0.4) is 0 Å². The molecule has 0 aliphatic carbocycles. The molecule has 6 nitrogen and oxygen atoms in total. The molecule has 0 radical (unpaired) electrons. The summed E-state index contributed by atoms with van der Waals surface area (Å²) in [5.74, 6) is -1.10. The molecule has 2 atom stereocenters. The van der Waals surface area contributed by atoms with Gasteiger partial charge in [0.05, 0.1) is 13.0 Å². The molecular weight excluding hydrogens is 212 g/mol. The summed E-state index contributed by atoms with van der Waals surface area (Å²) in [6, 6.07) is -0.910. The molecule has 3 N–H and O–H groups in total. The lowest BCUT2D eigenvalue weighted by Gasteiger charge is -2.26. The van der Waals surface area contributed by atoms with Crippen LogP contribution in [0, 0.1) is 0 Å². The molecule has 16 heavy (non-hydrogen) atoms. The zero-order valence-electron chi connectivity index (χ0n) is 9.39. The molecule has 92 valence electrons. The van der Waals surface area contributed by atoms with E-state index in [1.807, 2.05) is 0 Å². The molecule has 0 spiro atoms. The third-order valence-electron chi connectivity index (χ3n) is 2.73. The Balaban J connectivity index is 2.56. The Kier molecular flexibility index (Phi) is 4.70. The molecule has 6 heteroatoms. The maximum atomic E-state index is 11.9. The molecule has 0 aromatic rings. The average molecular weight is 230 g/mol. The molecule has 1 aliphatic rings. The van der Waals surface area contributed by atoms with Gasteiger partial charge in [0.2, 0.25) is 5.91 Å². The number of amides is 1. The van der Waals surface area contributed by atoms with Crippen LogP contribution in [-0.2, 0) is 14.3 Å². The van der Waals surface area contributed by atoms with Crippen LogP contribution in [0.1, 0.15) is 19.3 Å². The molecule has 2 unspecified atom stereocenters. The fourth-order valence-corrected chi connectivity index (χ4v) is 2.00. The number of nitrogens with two attached hydrogens (primary N) is 1. The zero-order valence-corrected chi connectivity index (χ0v) is 9.39. The summed E-state index contributed by atoms with van der Waals surface area (Å²) in [6.45, 7) is 0.753. The van der Waals surface area contributed by atoms with E-state index in [2.05, 4.69) is 0 Å². The molecule has 0 bridgehead atoms. The first-order chi connectivity index (χ1) is 7.56. The summed E-state index contributed by atoms with van der Waals surface area (Å²) < 4.78 is 4.81. The Bertz CT molecular complexity index is 270. The highest BCUT2D eigenvalue weighted by atomic mass is 16.5. The molecule has 1 heterocycles. The molecule has 1 saturated heterocycles. The van der Waals surface area contributed by atoms with E-state index in [1.54, 1.807) is 4.90 Å². The first kappa shape index (κ1) is 12.9. The Morgan fingerprint density at radius 1 is 1.62 bits per heavy atom. The van der Waals surface area contributed by atoms with Crippen LogP contribution in [-0.4, -0.2) is 54.2 Å². The number of aliphatic carboxylic acids is 1. The van der Waals surface area contributed by atoms with Crippen LogP contribution in [0.5, 0.6) is 0 Å².